The quantitative estimate of drug-likeness (QED) is 0.151. The second-order valence-corrected chi connectivity index (χ2v) is 25.8. The summed E-state index contributed by atoms with van der Waals surface area (Å²) in [4.78, 5) is 13.3. The van der Waals surface area contributed by atoms with Crippen molar-refractivity contribution in [3.8, 4) is 0 Å². The minimum atomic E-state index is 0.0802. The molecule has 2 heteroatoms. The Labute approximate surface area is 334 Å². The number of carbonyl (C=O) groups is 1. The van der Waals surface area contributed by atoms with Crippen LogP contribution in [0.15, 0.2) is 42.0 Å². The molecule has 0 aromatic heterocycles. The van der Waals surface area contributed by atoms with Crippen LogP contribution in [0.4, 0.5) is 0 Å². The molecule has 0 N–H and O–H groups in total. The Balaban J connectivity index is 0.883. The number of unbranched alkanes of at least 4 members (excludes halogenated alkanes) is 1. The van der Waals surface area contributed by atoms with E-state index in [4.69, 9.17) is 4.74 Å². The lowest BCUT2D eigenvalue weighted by atomic mass is 9.42. The molecule has 0 bridgehead atoms. The van der Waals surface area contributed by atoms with Gasteiger partial charge in [0.2, 0.25) is 0 Å². The summed E-state index contributed by atoms with van der Waals surface area (Å²) >= 11 is 0. The normalized spacial score (nSPS) is 69.6. The fourth-order valence-electron chi connectivity index (χ4n) is 27.8. The number of benzene rings is 1. The fraction of sp³-hybridized carbons (Fsp3) is 0.833. The molecular formula is C54H64O2. The van der Waals surface area contributed by atoms with E-state index in [2.05, 4.69) is 48.9 Å². The van der Waals surface area contributed by atoms with E-state index in [1.165, 1.54) is 48.3 Å². The molecule has 0 amide bonds. The molecule has 0 saturated heterocycles. The maximum atomic E-state index is 13.3. The van der Waals surface area contributed by atoms with Crippen LogP contribution >= 0.6 is 0 Å². The number of allylic oxidation sites excluding steroid dienone is 2. The molecule has 0 aliphatic heterocycles. The lowest BCUT2D eigenvalue weighted by Crippen LogP contribution is -2.59. The highest BCUT2D eigenvalue weighted by Gasteiger charge is 2.94. The number of rotatable bonds is 8. The molecular weight excluding hydrogens is 681 g/mol. The van der Waals surface area contributed by atoms with Gasteiger partial charge in [-0.2, -0.15) is 0 Å². The molecule has 31 atom stereocenters. The van der Waals surface area contributed by atoms with Crippen molar-refractivity contribution in [1.29, 1.82) is 0 Å². The highest BCUT2D eigenvalue weighted by Crippen LogP contribution is 2.97. The zero-order chi connectivity index (χ0) is 35.6. The van der Waals surface area contributed by atoms with Gasteiger partial charge in [-0.15, -0.1) is 0 Å². The summed E-state index contributed by atoms with van der Waals surface area (Å²) in [5, 5.41) is 0. The van der Waals surface area contributed by atoms with Crippen LogP contribution in [0, 0.1) is 177 Å². The summed E-state index contributed by atoms with van der Waals surface area (Å²) in [6, 6.07) is 12.3. The van der Waals surface area contributed by atoms with E-state index in [0.717, 1.165) is 155 Å². The molecule has 17 aliphatic carbocycles. The van der Waals surface area contributed by atoms with Crippen LogP contribution in [0.1, 0.15) is 89.5 Å². The van der Waals surface area contributed by atoms with E-state index < -0.39 is 0 Å². The standard InChI is InChI=1S/C54H64O2/c1-2-3-12-56-30(55)10-7-11-53(28-8-5-4-6-9-28)52-29-19-26-17-23-15-24-14-21-13-22-16-25-18-27-20-54(52,53)51-37(27)42-36(25)41-32(22)31(21)39-35(24)40-33(23)34(26)43-38(29)50(51)49-47(42)45(41)44(39)46(40)48(43)49/h4-6,8-9,20-26,29,31-52H,2-3,7,10-19H2,1H3. The minimum Gasteiger partial charge on any atom is -0.466 e. The van der Waals surface area contributed by atoms with Crippen LogP contribution in [0.3, 0.4) is 0 Å². The molecule has 2 nitrogen and oxygen atoms in total. The summed E-state index contributed by atoms with van der Waals surface area (Å²) < 4.78 is 5.85. The second-order valence-electron chi connectivity index (χ2n) is 25.8. The fourth-order valence-corrected chi connectivity index (χ4v) is 27.8. The van der Waals surface area contributed by atoms with Crippen molar-refractivity contribution in [2.75, 3.05) is 6.61 Å². The third kappa shape index (κ3) is 2.70. The van der Waals surface area contributed by atoms with E-state index in [1.807, 2.05) is 0 Å². The first-order valence-corrected chi connectivity index (χ1v) is 25.6. The Morgan fingerprint density at radius 3 is 1.80 bits per heavy atom. The highest BCUT2D eigenvalue weighted by atomic mass is 16.5. The van der Waals surface area contributed by atoms with Gasteiger partial charge in [0.05, 0.1) is 6.61 Å². The zero-order valence-electron chi connectivity index (χ0n) is 33.7. The van der Waals surface area contributed by atoms with E-state index >= 15 is 0 Å². The molecule has 292 valence electrons. The lowest BCUT2D eigenvalue weighted by molar-refractivity contribution is -0.151. The van der Waals surface area contributed by atoms with Crippen LogP contribution in [0.5, 0.6) is 0 Å². The molecule has 1 aromatic rings. The average Bonchev–Trinajstić information content (AvgIpc) is 3.89. The van der Waals surface area contributed by atoms with Crippen LogP contribution in [-0.2, 0) is 14.9 Å². The predicted octanol–water partition coefficient (Wildman–Crippen LogP) is 10.2. The summed E-state index contributed by atoms with van der Waals surface area (Å²) in [7, 11) is 0. The average molecular weight is 745 g/mol. The molecule has 1 spiro atoms. The van der Waals surface area contributed by atoms with Crippen molar-refractivity contribution in [1.82, 2.24) is 0 Å². The SMILES string of the molecule is CCCCOC(=O)CCCC1(c2ccccc2)C2C3CC4CC5CC6CC7CC8CC9CC%10=CC21C1C%10C2C9C9C8C7C7C6C6C5C4C4C3C1C1C2C9C7C6C41. The van der Waals surface area contributed by atoms with Crippen molar-refractivity contribution in [2.45, 2.75) is 89.4 Å². The first-order valence-electron chi connectivity index (χ1n) is 25.6. The van der Waals surface area contributed by atoms with Gasteiger partial charge in [-0.25, -0.2) is 0 Å². The third-order valence-corrected chi connectivity index (χ3v) is 26.3. The van der Waals surface area contributed by atoms with Crippen LogP contribution in [-0.4, -0.2) is 12.6 Å². The zero-order valence-corrected chi connectivity index (χ0v) is 33.7. The second kappa shape index (κ2) is 9.19. The predicted molar refractivity (Wildman–Crippen MR) is 212 cm³/mol. The highest BCUT2D eigenvalue weighted by molar-refractivity contribution is 5.69. The molecule has 56 heavy (non-hydrogen) atoms. The van der Waals surface area contributed by atoms with Crippen molar-refractivity contribution in [3.05, 3.63) is 47.5 Å². The first kappa shape index (κ1) is 30.5. The van der Waals surface area contributed by atoms with Gasteiger partial charge < -0.3 is 4.74 Å². The number of hydrogen-bond donors (Lipinski definition) is 0. The van der Waals surface area contributed by atoms with Gasteiger partial charge in [-0.3, -0.25) is 4.79 Å². The Morgan fingerprint density at radius 2 is 1.14 bits per heavy atom. The first-order chi connectivity index (χ1) is 27.7. The lowest BCUT2D eigenvalue weighted by Gasteiger charge is -2.62. The number of hydrogen-bond acceptors (Lipinski definition) is 2. The van der Waals surface area contributed by atoms with Gasteiger partial charge in [0.15, 0.2) is 0 Å². The number of carbonyl (C=O) groups excluding carboxylic acids is 1. The third-order valence-electron chi connectivity index (χ3n) is 26.3. The maximum Gasteiger partial charge on any atom is 0.305 e. The molecule has 18 rings (SSSR count). The van der Waals surface area contributed by atoms with Crippen LogP contribution < -0.4 is 0 Å². The van der Waals surface area contributed by atoms with Crippen LogP contribution in [0.2, 0.25) is 0 Å². The van der Waals surface area contributed by atoms with Crippen molar-refractivity contribution >= 4 is 5.97 Å². The molecule has 1 aromatic carbocycles. The summed E-state index contributed by atoms with van der Waals surface area (Å²) in [5.74, 6) is 31.8. The molecule has 16 fully saturated rings. The summed E-state index contributed by atoms with van der Waals surface area (Å²) in [6.07, 6.45) is 19.7. The smallest absolute Gasteiger partial charge is 0.305 e. The molecule has 31 unspecified atom stereocenters. The van der Waals surface area contributed by atoms with Crippen LogP contribution in [0.25, 0.3) is 0 Å². The van der Waals surface area contributed by atoms with E-state index in [1.54, 1.807) is 44.1 Å². The number of esters is 1. The minimum absolute atomic E-state index is 0.0802. The van der Waals surface area contributed by atoms with Crippen molar-refractivity contribution in [2.24, 2.45) is 177 Å². The van der Waals surface area contributed by atoms with Gasteiger partial charge >= 0.3 is 5.97 Å². The van der Waals surface area contributed by atoms with E-state index in [9.17, 15) is 4.79 Å². The van der Waals surface area contributed by atoms with Gasteiger partial charge in [-0.1, -0.05) is 55.3 Å². The van der Waals surface area contributed by atoms with E-state index in [0.29, 0.717) is 18.4 Å². The Kier molecular flexibility index (Phi) is 5.00. The largest absolute Gasteiger partial charge is 0.466 e. The molecule has 0 radical (unpaired) electrons. The van der Waals surface area contributed by atoms with Gasteiger partial charge in [0, 0.05) is 17.3 Å². The number of fused-ring (bicyclic) bond motifs is 1. The summed E-state index contributed by atoms with van der Waals surface area (Å²) in [5.41, 5.74) is 4.37. The van der Waals surface area contributed by atoms with Gasteiger partial charge in [0.25, 0.3) is 0 Å². The summed E-state index contributed by atoms with van der Waals surface area (Å²) in [6.45, 7) is 2.82. The Bertz CT molecular complexity index is 2070. The van der Waals surface area contributed by atoms with Gasteiger partial charge in [-0.05, 0) is 241 Å². The van der Waals surface area contributed by atoms with E-state index in [-0.39, 0.29) is 11.4 Å². The topological polar surface area (TPSA) is 26.3 Å². The van der Waals surface area contributed by atoms with Gasteiger partial charge in [0.1, 0.15) is 0 Å². The monoisotopic (exact) mass is 744 g/mol. The maximum absolute atomic E-state index is 13.3. The Hall–Kier alpha value is -1.57. The molecule has 17 aliphatic rings. The molecule has 16 saturated carbocycles. The van der Waals surface area contributed by atoms with Crippen molar-refractivity contribution in [3.63, 3.8) is 0 Å². The molecule has 0 heterocycles. The van der Waals surface area contributed by atoms with Crippen molar-refractivity contribution < 1.29 is 9.53 Å². The number of ether oxygens (including phenoxy) is 1. The Morgan fingerprint density at radius 1 is 0.607 bits per heavy atom.